The summed E-state index contributed by atoms with van der Waals surface area (Å²) >= 11 is 0. The molecule has 0 unspecified atom stereocenters. The number of hydrogen-bond acceptors (Lipinski definition) is 2. The molecule has 0 saturated heterocycles. The number of rotatable bonds is 1. The third-order valence-electron chi connectivity index (χ3n) is 2.87. The lowest BCUT2D eigenvalue weighted by molar-refractivity contribution is -0.130. The lowest BCUT2D eigenvalue weighted by atomic mass is 9.98. The van der Waals surface area contributed by atoms with E-state index in [1.165, 1.54) is 5.56 Å². The number of amides is 1. The topological polar surface area (TPSA) is 33.2 Å². The molecule has 0 spiro atoms. The highest BCUT2D eigenvalue weighted by atomic mass is 16.2. The van der Waals surface area contributed by atoms with Crippen molar-refractivity contribution in [2.45, 2.75) is 32.7 Å². The summed E-state index contributed by atoms with van der Waals surface area (Å²) in [5.74, 6) is 0.625. The largest absolute Gasteiger partial charge is 0.341 e. The summed E-state index contributed by atoms with van der Waals surface area (Å²) in [6, 6.07) is 2.13. The fourth-order valence-corrected chi connectivity index (χ4v) is 1.81. The molecule has 1 aliphatic rings. The van der Waals surface area contributed by atoms with Gasteiger partial charge in [0.05, 0.1) is 6.42 Å². The molecule has 2 heterocycles. The Bertz CT molecular complexity index is 399. The molecule has 3 heteroatoms. The van der Waals surface area contributed by atoms with Crippen molar-refractivity contribution < 1.29 is 4.79 Å². The number of pyridine rings is 1. The monoisotopic (exact) mass is 204 g/mol. The Labute approximate surface area is 90.1 Å². The second-order valence-electron chi connectivity index (χ2n) is 4.46. The minimum atomic E-state index is 0.182. The second-order valence-corrected chi connectivity index (χ2v) is 4.46. The van der Waals surface area contributed by atoms with Crippen molar-refractivity contribution in [2.75, 3.05) is 7.05 Å². The fourth-order valence-electron chi connectivity index (χ4n) is 1.81. The normalized spacial score (nSPS) is 15.7. The van der Waals surface area contributed by atoms with Gasteiger partial charge < -0.3 is 4.90 Å². The number of hydrogen-bond donors (Lipinski definition) is 0. The summed E-state index contributed by atoms with van der Waals surface area (Å²) in [4.78, 5) is 17.6. The molecule has 1 amide bonds. The average Bonchev–Trinajstić information content (AvgIpc) is 2.19. The molecular weight excluding hydrogens is 188 g/mol. The maximum Gasteiger partial charge on any atom is 0.227 e. The van der Waals surface area contributed by atoms with E-state index in [-0.39, 0.29) is 5.91 Å². The lowest BCUT2D eigenvalue weighted by Gasteiger charge is -2.25. The van der Waals surface area contributed by atoms with E-state index in [1.807, 2.05) is 13.2 Å². The quantitative estimate of drug-likeness (QED) is 0.698. The number of nitrogens with zero attached hydrogens (tertiary/aromatic N) is 2. The Hall–Kier alpha value is -1.38. The van der Waals surface area contributed by atoms with Crippen molar-refractivity contribution in [1.29, 1.82) is 0 Å². The molecule has 0 fully saturated rings. The summed E-state index contributed by atoms with van der Waals surface area (Å²) < 4.78 is 0. The van der Waals surface area contributed by atoms with Crippen LogP contribution in [0.4, 0.5) is 0 Å². The maximum atomic E-state index is 11.5. The molecule has 80 valence electrons. The Morgan fingerprint density at radius 2 is 2.13 bits per heavy atom. The van der Waals surface area contributed by atoms with Crippen LogP contribution in [-0.4, -0.2) is 22.8 Å². The number of fused-ring (bicyclic) bond motifs is 1. The Morgan fingerprint density at radius 1 is 1.40 bits per heavy atom. The molecule has 0 atom stereocenters. The van der Waals surface area contributed by atoms with Crippen molar-refractivity contribution in [3.8, 4) is 0 Å². The first-order valence-electron chi connectivity index (χ1n) is 5.29. The molecule has 1 aliphatic heterocycles. The van der Waals surface area contributed by atoms with Gasteiger partial charge in [-0.1, -0.05) is 13.8 Å². The van der Waals surface area contributed by atoms with Crippen molar-refractivity contribution in [1.82, 2.24) is 9.88 Å². The number of aromatic nitrogens is 1. The Kier molecular flexibility index (Phi) is 2.47. The van der Waals surface area contributed by atoms with Gasteiger partial charge in [-0.15, -0.1) is 0 Å². The van der Waals surface area contributed by atoms with Crippen LogP contribution in [0.2, 0.25) is 0 Å². The first-order chi connectivity index (χ1) is 7.08. The van der Waals surface area contributed by atoms with Crippen LogP contribution >= 0.6 is 0 Å². The van der Waals surface area contributed by atoms with Gasteiger partial charge in [-0.2, -0.15) is 0 Å². The summed E-state index contributed by atoms with van der Waals surface area (Å²) in [5.41, 5.74) is 3.44. The molecule has 0 bridgehead atoms. The molecule has 2 rings (SSSR count). The molecule has 15 heavy (non-hydrogen) atoms. The standard InChI is InChI=1S/C12H16N2O/c1-8(2)11-4-10-7-14(3)12(15)5-9(10)6-13-11/h4,6,8H,5,7H2,1-3H3. The van der Waals surface area contributed by atoms with Crippen LogP contribution in [0.1, 0.15) is 36.6 Å². The lowest BCUT2D eigenvalue weighted by Crippen LogP contribution is -2.32. The molecule has 1 aromatic heterocycles. The minimum Gasteiger partial charge on any atom is -0.341 e. The fraction of sp³-hybridized carbons (Fsp3) is 0.500. The zero-order chi connectivity index (χ0) is 11.0. The van der Waals surface area contributed by atoms with E-state index in [4.69, 9.17) is 0 Å². The minimum absolute atomic E-state index is 0.182. The molecular formula is C12H16N2O. The molecule has 0 saturated carbocycles. The third-order valence-corrected chi connectivity index (χ3v) is 2.87. The van der Waals surface area contributed by atoms with Crippen molar-refractivity contribution >= 4 is 5.91 Å². The van der Waals surface area contributed by atoms with E-state index >= 15 is 0 Å². The van der Waals surface area contributed by atoms with Gasteiger partial charge in [0.25, 0.3) is 0 Å². The van der Waals surface area contributed by atoms with Crippen LogP contribution in [0.25, 0.3) is 0 Å². The van der Waals surface area contributed by atoms with E-state index in [0.29, 0.717) is 12.3 Å². The van der Waals surface area contributed by atoms with Crippen molar-refractivity contribution in [3.63, 3.8) is 0 Å². The van der Waals surface area contributed by atoms with E-state index in [1.54, 1.807) is 4.90 Å². The van der Waals surface area contributed by atoms with Gasteiger partial charge in [0.15, 0.2) is 0 Å². The zero-order valence-electron chi connectivity index (χ0n) is 9.45. The Balaban J connectivity index is 2.37. The highest BCUT2D eigenvalue weighted by molar-refractivity contribution is 5.80. The molecule has 3 nitrogen and oxygen atoms in total. The van der Waals surface area contributed by atoms with E-state index in [2.05, 4.69) is 24.9 Å². The average molecular weight is 204 g/mol. The number of carbonyl (C=O) groups is 1. The van der Waals surface area contributed by atoms with Gasteiger partial charge in [0, 0.05) is 25.5 Å². The molecule has 0 radical (unpaired) electrons. The van der Waals surface area contributed by atoms with Crippen LogP contribution in [0.3, 0.4) is 0 Å². The summed E-state index contributed by atoms with van der Waals surface area (Å²) in [6.45, 7) is 4.98. The number of likely N-dealkylation sites (N-methyl/N-ethyl adjacent to an activating group) is 1. The van der Waals surface area contributed by atoms with E-state index in [0.717, 1.165) is 17.8 Å². The summed E-state index contributed by atoms with van der Waals surface area (Å²) in [6.07, 6.45) is 2.35. The second kappa shape index (κ2) is 3.65. The molecule has 0 aliphatic carbocycles. The summed E-state index contributed by atoms with van der Waals surface area (Å²) in [7, 11) is 1.85. The maximum absolute atomic E-state index is 11.5. The first kappa shape index (κ1) is 10.1. The van der Waals surface area contributed by atoms with Gasteiger partial charge in [-0.3, -0.25) is 9.78 Å². The van der Waals surface area contributed by atoms with Gasteiger partial charge in [-0.25, -0.2) is 0 Å². The number of carbonyl (C=O) groups excluding carboxylic acids is 1. The zero-order valence-corrected chi connectivity index (χ0v) is 9.45. The predicted octanol–water partition coefficient (Wildman–Crippen LogP) is 1.72. The third kappa shape index (κ3) is 1.87. The van der Waals surface area contributed by atoms with Crippen LogP contribution in [-0.2, 0) is 17.8 Å². The van der Waals surface area contributed by atoms with Crippen LogP contribution in [0.5, 0.6) is 0 Å². The van der Waals surface area contributed by atoms with Crippen LogP contribution < -0.4 is 0 Å². The van der Waals surface area contributed by atoms with Crippen LogP contribution in [0, 0.1) is 0 Å². The highest BCUT2D eigenvalue weighted by Gasteiger charge is 2.20. The van der Waals surface area contributed by atoms with Crippen LogP contribution in [0.15, 0.2) is 12.3 Å². The summed E-state index contributed by atoms with van der Waals surface area (Å²) in [5, 5.41) is 0. The predicted molar refractivity (Wildman–Crippen MR) is 58.5 cm³/mol. The van der Waals surface area contributed by atoms with Gasteiger partial charge in [0.1, 0.15) is 0 Å². The van der Waals surface area contributed by atoms with E-state index < -0.39 is 0 Å². The highest BCUT2D eigenvalue weighted by Crippen LogP contribution is 2.21. The molecule has 1 aromatic rings. The smallest absolute Gasteiger partial charge is 0.227 e. The van der Waals surface area contributed by atoms with Crippen molar-refractivity contribution in [3.05, 3.63) is 29.1 Å². The van der Waals surface area contributed by atoms with Gasteiger partial charge in [-0.05, 0) is 23.1 Å². The van der Waals surface area contributed by atoms with Crippen molar-refractivity contribution in [2.24, 2.45) is 0 Å². The SMILES string of the molecule is CC(C)c1cc2c(cn1)CC(=O)N(C)C2. The first-order valence-corrected chi connectivity index (χ1v) is 5.29. The molecule has 0 N–H and O–H groups in total. The Morgan fingerprint density at radius 3 is 2.80 bits per heavy atom. The molecule has 0 aromatic carbocycles. The van der Waals surface area contributed by atoms with E-state index in [9.17, 15) is 4.79 Å². The van der Waals surface area contributed by atoms with Gasteiger partial charge in [0.2, 0.25) is 5.91 Å². The van der Waals surface area contributed by atoms with Gasteiger partial charge >= 0.3 is 0 Å².